The molecule has 0 aliphatic heterocycles. The molecule has 0 spiro atoms. The number of thiophene rings is 1. The molecule has 1 N–H and O–H groups in total. The first-order valence-electron chi connectivity index (χ1n) is 4.01. The SMILES string of the molecule is CCNc1nc(-c2cccs2)no1. The lowest BCUT2D eigenvalue weighted by atomic mass is 10.4. The maximum atomic E-state index is 4.96. The lowest BCUT2D eigenvalue weighted by Gasteiger charge is -1.89. The predicted octanol–water partition coefficient (Wildman–Crippen LogP) is 2.23. The molecule has 0 aromatic carbocycles. The second-order valence-corrected chi connectivity index (χ2v) is 3.38. The van der Waals surface area contributed by atoms with Gasteiger partial charge in [-0.15, -0.1) is 11.3 Å². The molecule has 0 radical (unpaired) electrons. The van der Waals surface area contributed by atoms with Gasteiger partial charge in [0.1, 0.15) is 0 Å². The fraction of sp³-hybridized carbons (Fsp3) is 0.250. The maximum absolute atomic E-state index is 4.96. The normalized spacial score (nSPS) is 10.2. The molecule has 5 heteroatoms. The predicted molar refractivity (Wildman–Crippen MR) is 51.8 cm³/mol. The Hall–Kier alpha value is -1.36. The highest BCUT2D eigenvalue weighted by Crippen LogP contribution is 2.22. The first-order valence-corrected chi connectivity index (χ1v) is 4.89. The molecule has 0 saturated heterocycles. The van der Waals surface area contributed by atoms with Crippen molar-refractivity contribution in [3.63, 3.8) is 0 Å². The lowest BCUT2D eigenvalue weighted by molar-refractivity contribution is 0.433. The van der Waals surface area contributed by atoms with Crippen molar-refractivity contribution in [3.05, 3.63) is 17.5 Å². The molecule has 0 aliphatic carbocycles. The third-order valence-electron chi connectivity index (χ3n) is 1.50. The summed E-state index contributed by atoms with van der Waals surface area (Å²) in [6.45, 7) is 2.76. The molecule has 0 amide bonds. The van der Waals surface area contributed by atoms with Crippen LogP contribution in [0.25, 0.3) is 10.7 Å². The topological polar surface area (TPSA) is 51.0 Å². The number of aromatic nitrogens is 2. The molecule has 13 heavy (non-hydrogen) atoms. The first kappa shape index (κ1) is 8.25. The van der Waals surface area contributed by atoms with Gasteiger partial charge in [-0.05, 0) is 18.4 Å². The van der Waals surface area contributed by atoms with E-state index in [0.29, 0.717) is 11.8 Å². The molecule has 0 atom stereocenters. The van der Waals surface area contributed by atoms with E-state index in [0.717, 1.165) is 11.4 Å². The monoisotopic (exact) mass is 195 g/mol. The molecule has 2 rings (SSSR count). The molecule has 2 heterocycles. The highest BCUT2D eigenvalue weighted by molar-refractivity contribution is 7.13. The standard InChI is InChI=1S/C8H9N3OS/c1-2-9-8-10-7(11-12-8)6-4-3-5-13-6/h3-5H,2H2,1H3,(H,9,10,11). The summed E-state index contributed by atoms with van der Waals surface area (Å²) in [6.07, 6.45) is 0. The Labute approximate surface area is 79.6 Å². The van der Waals surface area contributed by atoms with E-state index in [9.17, 15) is 0 Å². The third kappa shape index (κ3) is 1.70. The van der Waals surface area contributed by atoms with Gasteiger partial charge < -0.3 is 9.84 Å². The van der Waals surface area contributed by atoms with E-state index >= 15 is 0 Å². The average molecular weight is 195 g/mol. The van der Waals surface area contributed by atoms with E-state index in [1.807, 2.05) is 24.4 Å². The van der Waals surface area contributed by atoms with E-state index in [-0.39, 0.29) is 0 Å². The van der Waals surface area contributed by atoms with Gasteiger partial charge in [0.05, 0.1) is 4.88 Å². The molecule has 2 aromatic heterocycles. The Morgan fingerprint density at radius 3 is 3.23 bits per heavy atom. The van der Waals surface area contributed by atoms with Crippen molar-refractivity contribution in [1.82, 2.24) is 10.1 Å². The van der Waals surface area contributed by atoms with E-state index in [4.69, 9.17) is 4.52 Å². The summed E-state index contributed by atoms with van der Waals surface area (Å²) in [5.41, 5.74) is 0. The number of nitrogens with one attached hydrogen (secondary N) is 1. The van der Waals surface area contributed by atoms with Gasteiger partial charge in [0, 0.05) is 6.54 Å². The molecule has 0 saturated carbocycles. The largest absolute Gasteiger partial charge is 0.338 e. The molecule has 0 unspecified atom stereocenters. The minimum atomic E-state index is 0.478. The van der Waals surface area contributed by atoms with Crippen LogP contribution in [-0.4, -0.2) is 16.7 Å². The molecule has 68 valence electrons. The van der Waals surface area contributed by atoms with Gasteiger partial charge in [-0.3, -0.25) is 0 Å². The molecular formula is C8H9N3OS. The lowest BCUT2D eigenvalue weighted by Crippen LogP contribution is -1.95. The van der Waals surface area contributed by atoms with Crippen LogP contribution in [0.5, 0.6) is 0 Å². The van der Waals surface area contributed by atoms with Crippen molar-refractivity contribution >= 4 is 17.4 Å². The Bertz CT molecular complexity index is 368. The smallest absolute Gasteiger partial charge is 0.321 e. The van der Waals surface area contributed by atoms with E-state index in [1.54, 1.807) is 11.3 Å². The summed E-state index contributed by atoms with van der Waals surface area (Å²) in [6, 6.07) is 4.40. The fourth-order valence-electron chi connectivity index (χ4n) is 0.952. The van der Waals surface area contributed by atoms with Gasteiger partial charge in [-0.25, -0.2) is 0 Å². The van der Waals surface area contributed by atoms with Crippen LogP contribution >= 0.6 is 11.3 Å². The van der Waals surface area contributed by atoms with Crippen molar-refractivity contribution in [2.75, 3.05) is 11.9 Å². The van der Waals surface area contributed by atoms with Crippen LogP contribution in [-0.2, 0) is 0 Å². The van der Waals surface area contributed by atoms with Gasteiger partial charge in [0.2, 0.25) is 5.82 Å². The molecule has 2 aromatic rings. The third-order valence-corrected chi connectivity index (χ3v) is 2.36. The highest BCUT2D eigenvalue weighted by Gasteiger charge is 2.07. The van der Waals surface area contributed by atoms with Crippen molar-refractivity contribution in [3.8, 4) is 10.7 Å². The Kier molecular flexibility index (Phi) is 2.27. The molecule has 4 nitrogen and oxygen atoms in total. The highest BCUT2D eigenvalue weighted by atomic mass is 32.1. The van der Waals surface area contributed by atoms with Gasteiger partial charge in [0.15, 0.2) is 0 Å². The Morgan fingerprint density at radius 1 is 1.62 bits per heavy atom. The molecule has 0 bridgehead atoms. The number of anilines is 1. The molecular weight excluding hydrogens is 186 g/mol. The van der Waals surface area contributed by atoms with Crippen LogP contribution in [0.3, 0.4) is 0 Å². The summed E-state index contributed by atoms with van der Waals surface area (Å²) < 4.78 is 4.96. The fourth-order valence-corrected chi connectivity index (χ4v) is 1.60. The second kappa shape index (κ2) is 3.57. The summed E-state index contributed by atoms with van der Waals surface area (Å²) >= 11 is 1.59. The van der Waals surface area contributed by atoms with Crippen LogP contribution in [0.15, 0.2) is 22.0 Å². The minimum Gasteiger partial charge on any atom is -0.338 e. The summed E-state index contributed by atoms with van der Waals surface area (Å²) in [5, 5.41) is 8.78. The van der Waals surface area contributed by atoms with Crippen molar-refractivity contribution < 1.29 is 4.52 Å². The number of rotatable bonds is 3. The first-order chi connectivity index (χ1) is 6.40. The Balaban J connectivity index is 2.23. The van der Waals surface area contributed by atoms with Crippen molar-refractivity contribution in [2.24, 2.45) is 0 Å². The average Bonchev–Trinajstić information content (AvgIpc) is 2.70. The van der Waals surface area contributed by atoms with Gasteiger partial charge in [0.25, 0.3) is 0 Å². The van der Waals surface area contributed by atoms with Gasteiger partial charge in [-0.2, -0.15) is 4.98 Å². The van der Waals surface area contributed by atoms with Crippen molar-refractivity contribution in [1.29, 1.82) is 0 Å². The van der Waals surface area contributed by atoms with Crippen LogP contribution in [0.2, 0.25) is 0 Å². The zero-order valence-electron chi connectivity index (χ0n) is 7.15. The van der Waals surface area contributed by atoms with Crippen LogP contribution in [0.1, 0.15) is 6.92 Å². The number of hydrogen-bond acceptors (Lipinski definition) is 5. The summed E-state index contributed by atoms with van der Waals surface area (Å²) in [5.74, 6) is 0.644. The summed E-state index contributed by atoms with van der Waals surface area (Å²) in [4.78, 5) is 5.19. The van der Waals surface area contributed by atoms with Gasteiger partial charge >= 0.3 is 6.01 Å². The quantitative estimate of drug-likeness (QED) is 0.816. The Morgan fingerprint density at radius 2 is 2.54 bits per heavy atom. The van der Waals surface area contributed by atoms with Crippen LogP contribution < -0.4 is 5.32 Å². The van der Waals surface area contributed by atoms with Crippen LogP contribution in [0.4, 0.5) is 6.01 Å². The number of hydrogen-bond donors (Lipinski definition) is 1. The van der Waals surface area contributed by atoms with Crippen molar-refractivity contribution in [2.45, 2.75) is 6.92 Å². The summed E-state index contributed by atoms with van der Waals surface area (Å²) in [7, 11) is 0. The minimum absolute atomic E-state index is 0.478. The van der Waals surface area contributed by atoms with E-state index in [2.05, 4.69) is 15.5 Å². The van der Waals surface area contributed by atoms with E-state index in [1.165, 1.54) is 0 Å². The zero-order valence-corrected chi connectivity index (χ0v) is 7.97. The number of nitrogens with zero attached hydrogens (tertiary/aromatic N) is 2. The second-order valence-electron chi connectivity index (χ2n) is 2.43. The van der Waals surface area contributed by atoms with E-state index < -0.39 is 0 Å². The molecule has 0 fully saturated rings. The zero-order chi connectivity index (χ0) is 9.10. The molecule has 0 aliphatic rings. The maximum Gasteiger partial charge on any atom is 0.321 e. The van der Waals surface area contributed by atoms with Crippen LogP contribution in [0, 0.1) is 0 Å². The van der Waals surface area contributed by atoms with Gasteiger partial charge in [-0.1, -0.05) is 11.2 Å².